The van der Waals surface area contributed by atoms with Crippen LogP contribution in [0.1, 0.15) is 26.3 Å². The van der Waals surface area contributed by atoms with Gasteiger partial charge in [-0.3, -0.25) is 9.69 Å². The van der Waals surface area contributed by atoms with Crippen LogP contribution in [0.3, 0.4) is 0 Å². The standard InChI is InChI=1S/C16H21FN2O2S/c1-11(2)10-22-9-8-19-14(20)16(3,18-15(19)21)12-4-6-13(17)7-5-12/h4-7,11H,8-10H2,1-3H3,(H,18,21)/t16-/m0/s1. The zero-order valence-electron chi connectivity index (χ0n) is 13.1. The minimum Gasteiger partial charge on any atom is -0.319 e. The summed E-state index contributed by atoms with van der Waals surface area (Å²) in [6.07, 6.45) is 0. The quantitative estimate of drug-likeness (QED) is 0.646. The van der Waals surface area contributed by atoms with E-state index in [0.29, 0.717) is 18.0 Å². The second kappa shape index (κ2) is 6.69. The molecule has 2 rings (SSSR count). The normalized spacial score (nSPS) is 21.6. The zero-order chi connectivity index (χ0) is 16.3. The maximum atomic E-state index is 13.0. The summed E-state index contributed by atoms with van der Waals surface area (Å²) in [5, 5.41) is 2.72. The average molecular weight is 324 g/mol. The van der Waals surface area contributed by atoms with Gasteiger partial charge in [-0.05, 0) is 36.3 Å². The molecule has 120 valence electrons. The maximum absolute atomic E-state index is 13.0. The lowest BCUT2D eigenvalue weighted by Gasteiger charge is -2.22. The lowest BCUT2D eigenvalue weighted by atomic mass is 9.92. The molecule has 0 aromatic heterocycles. The van der Waals surface area contributed by atoms with E-state index in [2.05, 4.69) is 19.2 Å². The fraction of sp³-hybridized carbons (Fsp3) is 0.500. The number of rotatable bonds is 6. The van der Waals surface area contributed by atoms with Crippen LogP contribution in [0, 0.1) is 11.7 Å². The molecule has 3 amide bonds. The molecular formula is C16H21FN2O2S. The number of nitrogens with zero attached hydrogens (tertiary/aromatic N) is 1. The Morgan fingerprint density at radius 1 is 1.27 bits per heavy atom. The molecule has 0 unspecified atom stereocenters. The topological polar surface area (TPSA) is 49.4 Å². The van der Waals surface area contributed by atoms with Gasteiger partial charge in [-0.2, -0.15) is 11.8 Å². The van der Waals surface area contributed by atoms with E-state index in [1.54, 1.807) is 18.7 Å². The van der Waals surface area contributed by atoms with Crippen LogP contribution in [-0.2, 0) is 10.3 Å². The van der Waals surface area contributed by atoms with Gasteiger partial charge in [-0.25, -0.2) is 9.18 Å². The minimum atomic E-state index is -1.12. The van der Waals surface area contributed by atoms with Gasteiger partial charge in [0.1, 0.15) is 11.4 Å². The lowest BCUT2D eigenvalue weighted by molar-refractivity contribution is -0.130. The number of nitrogens with one attached hydrogen (secondary N) is 1. The number of thioether (sulfide) groups is 1. The molecule has 1 fully saturated rings. The molecule has 0 spiro atoms. The van der Waals surface area contributed by atoms with Gasteiger partial charge in [0.25, 0.3) is 5.91 Å². The van der Waals surface area contributed by atoms with Crippen molar-refractivity contribution in [2.75, 3.05) is 18.1 Å². The minimum absolute atomic E-state index is 0.283. The molecule has 0 saturated carbocycles. The van der Waals surface area contributed by atoms with Gasteiger partial charge in [0.2, 0.25) is 0 Å². The van der Waals surface area contributed by atoms with E-state index in [9.17, 15) is 14.0 Å². The van der Waals surface area contributed by atoms with Gasteiger partial charge in [0, 0.05) is 12.3 Å². The smallest absolute Gasteiger partial charge is 0.319 e. The van der Waals surface area contributed by atoms with Gasteiger partial charge < -0.3 is 5.32 Å². The Morgan fingerprint density at radius 3 is 2.50 bits per heavy atom. The molecule has 1 saturated heterocycles. The number of halogens is 1. The van der Waals surface area contributed by atoms with Crippen molar-refractivity contribution in [1.82, 2.24) is 10.2 Å². The Balaban J connectivity index is 2.06. The molecular weight excluding hydrogens is 303 g/mol. The highest BCUT2D eigenvalue weighted by Gasteiger charge is 2.48. The van der Waals surface area contributed by atoms with Crippen molar-refractivity contribution in [2.45, 2.75) is 26.3 Å². The largest absolute Gasteiger partial charge is 0.325 e. The predicted molar refractivity (Wildman–Crippen MR) is 86.2 cm³/mol. The molecule has 0 radical (unpaired) electrons. The summed E-state index contributed by atoms with van der Waals surface area (Å²) in [4.78, 5) is 25.9. The molecule has 6 heteroatoms. The van der Waals surface area contributed by atoms with E-state index < -0.39 is 5.54 Å². The van der Waals surface area contributed by atoms with Gasteiger partial charge >= 0.3 is 6.03 Å². The molecule has 1 N–H and O–H groups in total. The fourth-order valence-corrected chi connectivity index (χ4v) is 3.30. The van der Waals surface area contributed by atoms with Gasteiger partial charge in [-0.1, -0.05) is 26.0 Å². The Hall–Kier alpha value is -1.56. The third-order valence-corrected chi connectivity index (χ3v) is 4.98. The second-order valence-corrected chi connectivity index (χ2v) is 7.14. The van der Waals surface area contributed by atoms with Crippen LogP contribution in [0.25, 0.3) is 0 Å². The average Bonchev–Trinajstić information content (AvgIpc) is 2.67. The number of imide groups is 1. The van der Waals surface area contributed by atoms with Gasteiger partial charge in [0.15, 0.2) is 0 Å². The second-order valence-electron chi connectivity index (χ2n) is 5.99. The van der Waals surface area contributed by atoms with E-state index in [1.165, 1.54) is 29.2 Å². The summed E-state index contributed by atoms with van der Waals surface area (Å²) in [6, 6.07) is 5.26. The molecule has 1 aromatic rings. The molecule has 1 atom stereocenters. The van der Waals surface area contributed by atoms with Crippen molar-refractivity contribution >= 4 is 23.7 Å². The van der Waals surface area contributed by atoms with Gasteiger partial charge in [0.05, 0.1) is 0 Å². The monoisotopic (exact) mass is 324 g/mol. The van der Waals surface area contributed by atoms with Crippen LogP contribution in [0.5, 0.6) is 0 Å². The highest BCUT2D eigenvalue weighted by atomic mass is 32.2. The molecule has 1 aliphatic heterocycles. The van der Waals surface area contributed by atoms with Crippen molar-refractivity contribution in [3.63, 3.8) is 0 Å². The van der Waals surface area contributed by atoms with E-state index >= 15 is 0 Å². The Bertz CT molecular complexity index is 562. The highest BCUT2D eigenvalue weighted by molar-refractivity contribution is 7.99. The molecule has 0 bridgehead atoms. The van der Waals surface area contributed by atoms with Crippen LogP contribution in [0.4, 0.5) is 9.18 Å². The molecule has 1 heterocycles. The van der Waals surface area contributed by atoms with E-state index in [-0.39, 0.29) is 17.8 Å². The van der Waals surface area contributed by atoms with Crippen molar-refractivity contribution < 1.29 is 14.0 Å². The Kier molecular flexibility index (Phi) is 5.11. The predicted octanol–water partition coefficient (Wildman–Crippen LogP) is 2.98. The first kappa shape index (κ1) is 16.8. The van der Waals surface area contributed by atoms with E-state index in [0.717, 1.165) is 11.5 Å². The van der Waals surface area contributed by atoms with Crippen LogP contribution in [0.15, 0.2) is 24.3 Å². The summed E-state index contributed by atoms with van der Waals surface area (Å²) in [5.74, 6) is 1.65. The first-order valence-corrected chi connectivity index (χ1v) is 8.48. The van der Waals surface area contributed by atoms with E-state index in [1.807, 2.05) is 0 Å². The molecule has 1 aromatic carbocycles. The SMILES string of the molecule is CC(C)CSCCN1C(=O)N[C@@](C)(c2ccc(F)cc2)C1=O. The van der Waals surface area contributed by atoms with E-state index in [4.69, 9.17) is 0 Å². The van der Waals surface area contributed by atoms with Crippen LogP contribution in [-0.4, -0.2) is 34.9 Å². The molecule has 4 nitrogen and oxygen atoms in total. The summed E-state index contributed by atoms with van der Waals surface area (Å²) < 4.78 is 13.0. The first-order valence-electron chi connectivity index (χ1n) is 7.32. The Labute approximate surface area is 134 Å². The Morgan fingerprint density at radius 2 is 1.91 bits per heavy atom. The third kappa shape index (κ3) is 3.43. The number of benzene rings is 1. The number of hydrogen-bond donors (Lipinski definition) is 1. The highest BCUT2D eigenvalue weighted by Crippen LogP contribution is 2.29. The maximum Gasteiger partial charge on any atom is 0.325 e. The van der Waals surface area contributed by atoms with Crippen LogP contribution in [0.2, 0.25) is 0 Å². The third-order valence-electron chi connectivity index (χ3n) is 3.61. The lowest BCUT2D eigenvalue weighted by Crippen LogP contribution is -2.41. The number of carbonyl (C=O) groups excluding carboxylic acids is 2. The molecule has 22 heavy (non-hydrogen) atoms. The van der Waals surface area contributed by atoms with Gasteiger partial charge in [-0.15, -0.1) is 0 Å². The van der Waals surface area contributed by atoms with Crippen LogP contribution < -0.4 is 5.32 Å². The molecule has 0 aliphatic carbocycles. The number of urea groups is 1. The number of hydrogen-bond acceptors (Lipinski definition) is 3. The fourth-order valence-electron chi connectivity index (χ4n) is 2.35. The zero-order valence-corrected chi connectivity index (χ0v) is 13.9. The van der Waals surface area contributed by atoms with Crippen molar-refractivity contribution in [1.29, 1.82) is 0 Å². The number of carbonyl (C=O) groups is 2. The number of amides is 3. The van der Waals surface area contributed by atoms with Crippen molar-refractivity contribution in [2.24, 2.45) is 5.92 Å². The summed E-state index contributed by atoms with van der Waals surface area (Å²) >= 11 is 1.73. The van der Waals surface area contributed by atoms with Crippen molar-refractivity contribution in [3.05, 3.63) is 35.6 Å². The summed E-state index contributed by atoms with van der Waals surface area (Å²) in [6.45, 7) is 6.30. The van der Waals surface area contributed by atoms with Crippen LogP contribution >= 0.6 is 11.8 Å². The summed E-state index contributed by atoms with van der Waals surface area (Å²) in [7, 11) is 0. The first-order chi connectivity index (χ1) is 10.3. The van der Waals surface area contributed by atoms with Crippen molar-refractivity contribution in [3.8, 4) is 0 Å². The molecule has 1 aliphatic rings. The summed E-state index contributed by atoms with van der Waals surface area (Å²) in [5.41, 5.74) is -0.530.